The molecule has 2 aromatic carbocycles. The van der Waals surface area contributed by atoms with Gasteiger partial charge >= 0.3 is 0 Å². The Kier molecular flexibility index (Phi) is 7.83. The number of hydrogen-bond acceptors (Lipinski definition) is 6. The van der Waals surface area contributed by atoms with Crippen molar-refractivity contribution in [1.82, 2.24) is 25.0 Å². The molecule has 1 N–H and O–H groups in total. The third-order valence-electron chi connectivity index (χ3n) is 5.95. The highest BCUT2D eigenvalue weighted by Gasteiger charge is 2.22. The molecule has 6 nitrogen and oxygen atoms in total. The van der Waals surface area contributed by atoms with E-state index in [2.05, 4.69) is 67.3 Å². The Hall–Kier alpha value is -3.13. The molecule has 4 rings (SSSR count). The van der Waals surface area contributed by atoms with Crippen molar-refractivity contribution in [3.63, 3.8) is 0 Å². The second-order valence-corrected chi connectivity index (χ2v) is 10.4. The van der Waals surface area contributed by atoms with Crippen LogP contribution >= 0.6 is 11.6 Å². The first kappa shape index (κ1) is 25.9. The lowest BCUT2D eigenvalue weighted by Gasteiger charge is -2.40. The minimum Gasteiger partial charge on any atom is -0.340 e. The summed E-state index contributed by atoms with van der Waals surface area (Å²) in [4.78, 5) is 13.8. The zero-order valence-electron chi connectivity index (χ0n) is 21.4. The van der Waals surface area contributed by atoms with Crippen LogP contribution in [0.1, 0.15) is 32.8 Å². The lowest BCUT2D eigenvalue weighted by atomic mass is 10.0. The third-order valence-corrected chi connectivity index (χ3v) is 6.24. The first-order chi connectivity index (χ1) is 17.1. The second kappa shape index (κ2) is 10.9. The van der Waals surface area contributed by atoms with Crippen LogP contribution in [0.4, 0.5) is 15.9 Å². The topological polar surface area (TPSA) is 57.2 Å². The summed E-state index contributed by atoms with van der Waals surface area (Å²) in [5, 5.41) is 8.79. The molecule has 0 atom stereocenters. The highest BCUT2D eigenvalue weighted by atomic mass is 35.5. The molecule has 0 aliphatic carbocycles. The number of hydrazine groups is 1. The Bertz CT molecular complexity index is 1340. The molecule has 0 spiro atoms. The molecule has 0 unspecified atom stereocenters. The Balaban J connectivity index is 1.67. The maximum Gasteiger partial charge on any atom is 0.163 e. The molecule has 0 fully saturated rings. The lowest BCUT2D eigenvalue weighted by molar-refractivity contribution is -0.0539. The zero-order chi connectivity index (χ0) is 25.9. The summed E-state index contributed by atoms with van der Waals surface area (Å²) >= 11 is 6.02. The summed E-state index contributed by atoms with van der Waals surface area (Å²) in [6.07, 6.45) is 5.38. The van der Waals surface area contributed by atoms with E-state index < -0.39 is 5.82 Å². The number of hydrogen-bond donors (Lipinski definition) is 1. The van der Waals surface area contributed by atoms with Crippen LogP contribution in [0.2, 0.25) is 5.02 Å². The van der Waals surface area contributed by atoms with Gasteiger partial charge in [-0.25, -0.2) is 24.4 Å². The molecule has 0 aliphatic rings. The first-order valence-electron chi connectivity index (χ1n) is 12.0. The van der Waals surface area contributed by atoms with Gasteiger partial charge < -0.3 is 5.32 Å². The van der Waals surface area contributed by atoms with Crippen molar-refractivity contribution in [2.45, 2.75) is 39.2 Å². The van der Waals surface area contributed by atoms with Gasteiger partial charge in [0.05, 0.1) is 10.5 Å². The number of rotatable bonds is 8. The van der Waals surface area contributed by atoms with Gasteiger partial charge in [0.1, 0.15) is 11.6 Å². The van der Waals surface area contributed by atoms with Crippen LogP contribution in [0.25, 0.3) is 22.3 Å². The number of nitrogens with one attached hydrogen (secondary N) is 1. The molecule has 2 heterocycles. The van der Waals surface area contributed by atoms with Gasteiger partial charge in [0.15, 0.2) is 5.82 Å². The Morgan fingerprint density at radius 1 is 1.03 bits per heavy atom. The van der Waals surface area contributed by atoms with E-state index in [0.717, 1.165) is 35.9 Å². The maximum absolute atomic E-state index is 13.7. The van der Waals surface area contributed by atoms with E-state index in [4.69, 9.17) is 21.6 Å². The predicted molar refractivity (Wildman–Crippen MR) is 146 cm³/mol. The average Bonchev–Trinajstić information content (AvgIpc) is 2.83. The van der Waals surface area contributed by atoms with Gasteiger partial charge in [0.2, 0.25) is 0 Å². The molecule has 0 radical (unpaired) electrons. The number of fused-ring (bicyclic) bond motifs is 1. The first-order valence-corrected chi connectivity index (χ1v) is 12.4. The van der Waals surface area contributed by atoms with Crippen molar-refractivity contribution >= 4 is 34.0 Å². The SMILES string of the molecule is CN(C)N(CCCc1ccc2nc(-c3cccnc3)nc(Nc3ccc(F)c(Cl)c3)c2c1)C(C)(C)C. The van der Waals surface area contributed by atoms with Gasteiger partial charge in [0, 0.05) is 55.2 Å². The zero-order valence-corrected chi connectivity index (χ0v) is 22.1. The van der Waals surface area contributed by atoms with Crippen LogP contribution in [0.3, 0.4) is 0 Å². The Morgan fingerprint density at radius 2 is 1.83 bits per heavy atom. The maximum atomic E-state index is 13.7. The van der Waals surface area contributed by atoms with Crippen molar-refractivity contribution < 1.29 is 4.39 Å². The van der Waals surface area contributed by atoms with Gasteiger partial charge in [-0.05, 0) is 81.6 Å². The number of halogens is 2. The molecular formula is C28H32ClFN6. The van der Waals surface area contributed by atoms with Gasteiger partial charge in [-0.2, -0.15) is 0 Å². The Morgan fingerprint density at radius 3 is 2.50 bits per heavy atom. The van der Waals surface area contributed by atoms with E-state index in [1.165, 1.54) is 11.6 Å². The van der Waals surface area contributed by atoms with Gasteiger partial charge in [0.25, 0.3) is 0 Å². The molecule has 188 valence electrons. The molecule has 36 heavy (non-hydrogen) atoms. The van der Waals surface area contributed by atoms with E-state index >= 15 is 0 Å². The van der Waals surface area contributed by atoms with E-state index in [0.29, 0.717) is 17.3 Å². The second-order valence-electron chi connectivity index (χ2n) is 9.99. The van der Waals surface area contributed by atoms with E-state index in [9.17, 15) is 4.39 Å². The van der Waals surface area contributed by atoms with Gasteiger partial charge in [-0.1, -0.05) is 17.7 Å². The smallest absolute Gasteiger partial charge is 0.163 e. The number of anilines is 2. The molecule has 4 aromatic rings. The summed E-state index contributed by atoms with van der Waals surface area (Å²) in [7, 11) is 4.16. The standard InChI is InChI=1S/C28H32ClFN6/c1-28(2,3)36(35(4)5)15-7-8-19-10-13-25-22(16-19)27(32-21-11-12-24(30)23(29)17-21)34-26(33-25)20-9-6-14-31-18-20/h6,9-14,16-18H,7-8,15H2,1-5H3,(H,32,33,34). The van der Waals surface area contributed by atoms with Crippen LogP contribution in [0.15, 0.2) is 60.9 Å². The van der Waals surface area contributed by atoms with Crippen LogP contribution in [0, 0.1) is 5.82 Å². The molecule has 2 aromatic heterocycles. The van der Waals surface area contributed by atoms with Crippen molar-refractivity contribution in [1.29, 1.82) is 0 Å². The highest BCUT2D eigenvalue weighted by Crippen LogP contribution is 2.30. The normalized spacial score (nSPS) is 12.0. The largest absolute Gasteiger partial charge is 0.340 e. The predicted octanol–water partition coefficient (Wildman–Crippen LogP) is 6.74. The third kappa shape index (κ3) is 6.16. The van der Waals surface area contributed by atoms with Crippen LogP contribution in [-0.2, 0) is 6.42 Å². The van der Waals surface area contributed by atoms with Crippen molar-refractivity contribution in [2.24, 2.45) is 0 Å². The molecule has 8 heteroatoms. The van der Waals surface area contributed by atoms with E-state index in [1.807, 2.05) is 18.2 Å². The number of nitrogens with zero attached hydrogens (tertiary/aromatic N) is 5. The molecule has 0 amide bonds. The fraction of sp³-hybridized carbons (Fsp3) is 0.321. The molecular weight excluding hydrogens is 475 g/mol. The number of pyridine rings is 1. The molecule has 0 saturated heterocycles. The highest BCUT2D eigenvalue weighted by molar-refractivity contribution is 6.31. The summed E-state index contributed by atoms with van der Waals surface area (Å²) in [6, 6.07) is 14.6. The molecule has 0 aliphatic heterocycles. The quantitative estimate of drug-likeness (QED) is 0.267. The fourth-order valence-corrected chi connectivity index (χ4v) is 4.51. The lowest BCUT2D eigenvalue weighted by Crippen LogP contribution is -2.50. The Labute approximate surface area is 217 Å². The minimum atomic E-state index is -0.463. The van der Waals surface area contributed by atoms with E-state index in [-0.39, 0.29) is 10.6 Å². The summed E-state index contributed by atoms with van der Waals surface area (Å²) < 4.78 is 13.7. The van der Waals surface area contributed by atoms with Gasteiger partial charge in [-0.3, -0.25) is 4.98 Å². The average molecular weight is 507 g/mol. The summed E-state index contributed by atoms with van der Waals surface area (Å²) in [5.41, 5.74) is 3.53. The number of benzene rings is 2. The van der Waals surface area contributed by atoms with Crippen LogP contribution in [-0.4, -0.2) is 51.1 Å². The summed E-state index contributed by atoms with van der Waals surface area (Å²) in [5.74, 6) is 0.731. The van der Waals surface area contributed by atoms with Crippen molar-refractivity contribution in [3.05, 3.63) is 77.3 Å². The van der Waals surface area contributed by atoms with Crippen molar-refractivity contribution in [2.75, 3.05) is 26.0 Å². The number of aryl methyl sites for hydroxylation is 1. The summed E-state index contributed by atoms with van der Waals surface area (Å²) in [6.45, 7) is 7.61. The minimum absolute atomic E-state index is 0.0517. The number of aromatic nitrogens is 3. The van der Waals surface area contributed by atoms with Crippen LogP contribution < -0.4 is 5.32 Å². The van der Waals surface area contributed by atoms with Crippen molar-refractivity contribution in [3.8, 4) is 11.4 Å². The molecule has 0 saturated carbocycles. The van der Waals surface area contributed by atoms with E-state index in [1.54, 1.807) is 24.5 Å². The monoisotopic (exact) mass is 506 g/mol. The van der Waals surface area contributed by atoms with Crippen LogP contribution in [0.5, 0.6) is 0 Å². The van der Waals surface area contributed by atoms with Gasteiger partial charge in [-0.15, -0.1) is 0 Å². The molecule has 0 bridgehead atoms. The fourth-order valence-electron chi connectivity index (χ4n) is 4.33.